The first-order chi connectivity index (χ1) is 7.56. The minimum absolute atomic E-state index is 0.262. The molecule has 0 radical (unpaired) electrons. The molecular formula is C8H16N4O4. The van der Waals surface area contributed by atoms with Gasteiger partial charge < -0.3 is 26.8 Å². The van der Waals surface area contributed by atoms with Gasteiger partial charge in [-0.3, -0.25) is 9.59 Å². The molecule has 0 saturated carbocycles. The fraction of sp³-hybridized carbons (Fsp3) is 0.625. The van der Waals surface area contributed by atoms with E-state index in [4.69, 9.17) is 10.8 Å². The maximum Gasteiger partial charge on any atom is 0.322 e. The number of rotatable bonds is 7. The zero-order chi connectivity index (χ0) is 12.4. The van der Waals surface area contributed by atoms with Crippen LogP contribution in [0.25, 0.3) is 0 Å². The van der Waals surface area contributed by atoms with Crippen LogP contribution >= 0.6 is 0 Å². The third kappa shape index (κ3) is 8.75. The predicted molar refractivity (Wildman–Crippen MR) is 55.7 cm³/mol. The first kappa shape index (κ1) is 14.2. The Kier molecular flexibility index (Phi) is 7.51. The van der Waals surface area contributed by atoms with Crippen molar-refractivity contribution in [3.8, 4) is 0 Å². The van der Waals surface area contributed by atoms with E-state index in [-0.39, 0.29) is 6.54 Å². The third-order valence-electron chi connectivity index (χ3n) is 1.51. The van der Waals surface area contributed by atoms with Crippen molar-refractivity contribution in [1.29, 1.82) is 0 Å². The van der Waals surface area contributed by atoms with Gasteiger partial charge in [0.15, 0.2) is 0 Å². The summed E-state index contributed by atoms with van der Waals surface area (Å²) in [5, 5.41) is 15.1. The zero-order valence-electron chi connectivity index (χ0n) is 8.78. The number of amides is 3. The molecule has 0 fully saturated rings. The van der Waals surface area contributed by atoms with Gasteiger partial charge in [0, 0.05) is 6.54 Å². The van der Waals surface area contributed by atoms with Crippen LogP contribution in [0.5, 0.6) is 0 Å². The second-order valence-corrected chi connectivity index (χ2v) is 2.92. The fourth-order valence-corrected chi connectivity index (χ4v) is 0.764. The van der Waals surface area contributed by atoms with Crippen LogP contribution in [-0.2, 0) is 9.59 Å². The van der Waals surface area contributed by atoms with Gasteiger partial charge in [0.25, 0.3) is 0 Å². The van der Waals surface area contributed by atoms with Gasteiger partial charge in [0.05, 0.1) is 6.54 Å². The summed E-state index contributed by atoms with van der Waals surface area (Å²) in [5.41, 5.74) is 5.21. The van der Waals surface area contributed by atoms with Crippen LogP contribution in [0, 0.1) is 0 Å². The van der Waals surface area contributed by atoms with Gasteiger partial charge in [-0.2, -0.15) is 0 Å². The lowest BCUT2D eigenvalue weighted by Crippen LogP contribution is -2.43. The quantitative estimate of drug-likeness (QED) is 0.319. The Labute approximate surface area is 92.6 Å². The molecule has 0 atom stereocenters. The summed E-state index contributed by atoms with van der Waals surface area (Å²) < 4.78 is 0. The molecule has 0 aromatic rings. The molecule has 92 valence electrons. The number of carboxylic acid groups (broad SMARTS) is 1. The lowest BCUT2D eigenvalue weighted by molar-refractivity contribution is -0.137. The number of carboxylic acids is 1. The molecular weight excluding hydrogens is 216 g/mol. The van der Waals surface area contributed by atoms with E-state index >= 15 is 0 Å². The highest BCUT2D eigenvalue weighted by Crippen LogP contribution is 1.72. The van der Waals surface area contributed by atoms with Gasteiger partial charge in [0.2, 0.25) is 5.91 Å². The summed E-state index contributed by atoms with van der Waals surface area (Å²) in [4.78, 5) is 32.0. The third-order valence-corrected chi connectivity index (χ3v) is 1.51. The van der Waals surface area contributed by atoms with E-state index in [1.165, 1.54) is 0 Å². The van der Waals surface area contributed by atoms with Crippen LogP contribution in [0.3, 0.4) is 0 Å². The van der Waals surface area contributed by atoms with Crippen molar-refractivity contribution in [2.45, 2.75) is 6.42 Å². The molecule has 0 aromatic carbocycles. The van der Waals surface area contributed by atoms with E-state index in [1.807, 2.05) is 0 Å². The molecule has 16 heavy (non-hydrogen) atoms. The number of hydrogen-bond acceptors (Lipinski definition) is 4. The van der Waals surface area contributed by atoms with Gasteiger partial charge in [-0.05, 0) is 13.0 Å². The van der Waals surface area contributed by atoms with Crippen LogP contribution in [-0.4, -0.2) is 49.2 Å². The second kappa shape index (κ2) is 8.48. The highest BCUT2D eigenvalue weighted by Gasteiger charge is 2.05. The first-order valence-corrected chi connectivity index (χ1v) is 4.76. The number of nitrogens with one attached hydrogen (secondary N) is 3. The summed E-state index contributed by atoms with van der Waals surface area (Å²) in [5.74, 6) is -1.70. The van der Waals surface area contributed by atoms with Crippen LogP contribution < -0.4 is 21.7 Å². The van der Waals surface area contributed by atoms with Crippen LogP contribution in [0.2, 0.25) is 0 Å². The van der Waals surface area contributed by atoms with Gasteiger partial charge in [-0.1, -0.05) is 0 Å². The molecule has 0 unspecified atom stereocenters. The van der Waals surface area contributed by atoms with Gasteiger partial charge in [-0.25, -0.2) is 4.79 Å². The van der Waals surface area contributed by atoms with Crippen molar-refractivity contribution in [3.63, 3.8) is 0 Å². The molecule has 0 aliphatic heterocycles. The Morgan fingerprint density at radius 3 is 2.31 bits per heavy atom. The number of carbonyl (C=O) groups excluding carboxylic acids is 2. The summed E-state index contributed by atoms with van der Waals surface area (Å²) in [6.45, 7) is 0.176. The molecule has 6 N–H and O–H groups in total. The van der Waals surface area contributed by atoms with E-state index in [1.54, 1.807) is 0 Å². The number of hydrogen-bond donors (Lipinski definition) is 5. The van der Waals surface area contributed by atoms with Gasteiger partial charge in [0.1, 0.15) is 6.54 Å². The lowest BCUT2D eigenvalue weighted by atomic mass is 10.4. The molecule has 0 spiro atoms. The molecule has 0 heterocycles. The van der Waals surface area contributed by atoms with Crippen molar-refractivity contribution in [1.82, 2.24) is 16.0 Å². The molecule has 0 aromatic heterocycles. The smallest absolute Gasteiger partial charge is 0.322 e. The molecule has 0 rings (SSSR count). The molecule has 0 saturated heterocycles. The second-order valence-electron chi connectivity index (χ2n) is 2.92. The fourth-order valence-electron chi connectivity index (χ4n) is 0.764. The molecule has 8 heteroatoms. The Bertz CT molecular complexity index is 256. The largest absolute Gasteiger partial charge is 0.480 e. The number of urea groups is 1. The Hall–Kier alpha value is -1.83. The molecule has 0 aliphatic rings. The van der Waals surface area contributed by atoms with E-state index in [9.17, 15) is 14.4 Å². The standard InChI is InChI=1S/C8H16N4O4/c9-2-1-3-10-8(16)12-4-6(13)11-5-7(14)15/h1-5,9H2,(H,11,13)(H,14,15)(H2,10,12,16). The SMILES string of the molecule is NCCCNC(=O)NCC(=O)NCC(=O)O. The van der Waals surface area contributed by atoms with Crippen molar-refractivity contribution in [2.75, 3.05) is 26.2 Å². The Morgan fingerprint density at radius 2 is 1.75 bits per heavy atom. The van der Waals surface area contributed by atoms with Gasteiger partial charge >= 0.3 is 12.0 Å². The molecule has 0 aliphatic carbocycles. The number of carbonyl (C=O) groups is 3. The number of nitrogens with two attached hydrogens (primary N) is 1. The average molecular weight is 232 g/mol. The van der Waals surface area contributed by atoms with E-state index in [0.717, 1.165) is 0 Å². The van der Waals surface area contributed by atoms with Crippen molar-refractivity contribution in [3.05, 3.63) is 0 Å². The predicted octanol–water partition coefficient (Wildman–Crippen LogP) is -2.16. The van der Waals surface area contributed by atoms with Crippen LogP contribution in [0.15, 0.2) is 0 Å². The minimum atomic E-state index is -1.14. The number of aliphatic carboxylic acids is 1. The minimum Gasteiger partial charge on any atom is -0.480 e. The normalized spacial score (nSPS) is 9.31. The van der Waals surface area contributed by atoms with Gasteiger partial charge in [-0.15, -0.1) is 0 Å². The lowest BCUT2D eigenvalue weighted by Gasteiger charge is -2.06. The maximum absolute atomic E-state index is 11.0. The summed E-state index contributed by atoms with van der Waals surface area (Å²) in [6, 6.07) is -0.487. The topological polar surface area (TPSA) is 134 Å². The van der Waals surface area contributed by atoms with Crippen molar-refractivity contribution in [2.24, 2.45) is 5.73 Å². The Morgan fingerprint density at radius 1 is 1.06 bits per heavy atom. The van der Waals surface area contributed by atoms with Crippen LogP contribution in [0.4, 0.5) is 4.79 Å². The average Bonchev–Trinajstić information content (AvgIpc) is 2.24. The maximum atomic E-state index is 11.0. The zero-order valence-corrected chi connectivity index (χ0v) is 8.78. The van der Waals surface area contributed by atoms with E-state index < -0.39 is 24.5 Å². The summed E-state index contributed by atoms with van der Waals surface area (Å²) in [7, 11) is 0. The van der Waals surface area contributed by atoms with Crippen molar-refractivity contribution < 1.29 is 19.5 Å². The summed E-state index contributed by atoms with van der Waals surface area (Å²) >= 11 is 0. The summed E-state index contributed by atoms with van der Waals surface area (Å²) in [6.07, 6.45) is 0.651. The first-order valence-electron chi connectivity index (χ1n) is 4.76. The van der Waals surface area contributed by atoms with Crippen LogP contribution in [0.1, 0.15) is 6.42 Å². The molecule has 3 amide bonds. The van der Waals surface area contributed by atoms with Crippen molar-refractivity contribution >= 4 is 17.9 Å². The molecule has 8 nitrogen and oxygen atoms in total. The Balaban J connectivity index is 3.51. The highest BCUT2D eigenvalue weighted by molar-refractivity contribution is 5.86. The molecule has 0 bridgehead atoms. The monoisotopic (exact) mass is 232 g/mol. The van der Waals surface area contributed by atoms with E-state index in [0.29, 0.717) is 19.5 Å². The highest BCUT2D eigenvalue weighted by atomic mass is 16.4. The van der Waals surface area contributed by atoms with E-state index in [2.05, 4.69) is 16.0 Å².